The van der Waals surface area contributed by atoms with Gasteiger partial charge in [-0.2, -0.15) is 18.3 Å². The molecule has 0 fully saturated rings. The van der Waals surface area contributed by atoms with Gasteiger partial charge in [-0.05, 0) is 55.7 Å². The van der Waals surface area contributed by atoms with E-state index in [1.165, 1.54) is 12.1 Å². The van der Waals surface area contributed by atoms with Crippen molar-refractivity contribution in [2.45, 2.75) is 45.0 Å². The first-order chi connectivity index (χ1) is 16.8. The first-order valence-corrected chi connectivity index (χ1v) is 11.2. The molecule has 1 aromatic carbocycles. The van der Waals surface area contributed by atoms with Crippen LogP contribution in [0.2, 0.25) is 0 Å². The fourth-order valence-electron chi connectivity index (χ4n) is 4.46. The normalized spacial score (nSPS) is 16.1. The number of nitrogens with zero attached hydrogens (tertiary/aromatic N) is 6. The van der Waals surface area contributed by atoms with Gasteiger partial charge in [-0.15, -0.1) is 0 Å². The van der Waals surface area contributed by atoms with Crippen LogP contribution in [0.15, 0.2) is 48.9 Å². The molecule has 1 atom stereocenters. The van der Waals surface area contributed by atoms with E-state index in [4.69, 9.17) is 0 Å². The summed E-state index contributed by atoms with van der Waals surface area (Å²) in [4.78, 5) is 13.3. The van der Waals surface area contributed by atoms with E-state index in [1.807, 2.05) is 19.2 Å². The average molecular weight is 480 g/mol. The van der Waals surface area contributed by atoms with Gasteiger partial charge in [0.2, 0.25) is 0 Å². The van der Waals surface area contributed by atoms with Gasteiger partial charge in [-0.25, -0.2) is 19.6 Å². The average Bonchev–Trinajstić information content (AvgIpc) is 3.47. The summed E-state index contributed by atoms with van der Waals surface area (Å²) in [5.41, 5.74) is 2.26. The van der Waals surface area contributed by atoms with Crippen molar-refractivity contribution in [1.29, 1.82) is 0 Å². The Morgan fingerprint density at radius 2 is 1.94 bits per heavy atom. The summed E-state index contributed by atoms with van der Waals surface area (Å²) in [5.74, 6) is 0.453. The Balaban J connectivity index is 1.43. The summed E-state index contributed by atoms with van der Waals surface area (Å²) in [6, 6.07) is 9.32. The number of aliphatic hydroxyl groups is 1. The SMILES string of the molecule is Cc1cn(-c2ccc(/C=C/c3nc4n(n3)CCC[C@@H]4c3ccccc3C(F)(F)F)nc2CO)cn1. The van der Waals surface area contributed by atoms with Crippen molar-refractivity contribution in [2.75, 3.05) is 0 Å². The van der Waals surface area contributed by atoms with Gasteiger partial charge in [0.25, 0.3) is 0 Å². The van der Waals surface area contributed by atoms with Gasteiger partial charge < -0.3 is 9.67 Å². The number of alkyl halides is 3. The molecule has 7 nitrogen and oxygen atoms in total. The Hall–Kier alpha value is -3.79. The van der Waals surface area contributed by atoms with Crippen molar-refractivity contribution in [1.82, 2.24) is 29.3 Å². The van der Waals surface area contributed by atoms with Gasteiger partial charge in [0.1, 0.15) is 5.82 Å². The molecule has 0 saturated heterocycles. The highest BCUT2D eigenvalue weighted by molar-refractivity contribution is 5.65. The lowest BCUT2D eigenvalue weighted by molar-refractivity contribution is -0.138. The lowest BCUT2D eigenvalue weighted by Crippen LogP contribution is -2.21. The van der Waals surface area contributed by atoms with E-state index >= 15 is 0 Å². The van der Waals surface area contributed by atoms with Crippen LogP contribution in [-0.4, -0.2) is 34.4 Å². The largest absolute Gasteiger partial charge is 0.416 e. The van der Waals surface area contributed by atoms with E-state index in [2.05, 4.69) is 20.1 Å². The maximum atomic E-state index is 13.6. The van der Waals surface area contributed by atoms with E-state index in [0.29, 0.717) is 42.4 Å². The molecule has 5 rings (SSSR count). The van der Waals surface area contributed by atoms with Crippen LogP contribution in [0.1, 0.15) is 58.6 Å². The number of aromatic nitrogens is 6. The van der Waals surface area contributed by atoms with Gasteiger partial charge in [0.05, 0.1) is 41.3 Å². The van der Waals surface area contributed by atoms with Crippen LogP contribution in [0.3, 0.4) is 0 Å². The Labute approximate surface area is 199 Å². The van der Waals surface area contributed by atoms with E-state index in [-0.39, 0.29) is 12.2 Å². The fourth-order valence-corrected chi connectivity index (χ4v) is 4.46. The summed E-state index contributed by atoms with van der Waals surface area (Å²) in [6.45, 7) is 2.24. The van der Waals surface area contributed by atoms with Crippen molar-refractivity contribution in [3.05, 3.63) is 88.8 Å². The molecular weight excluding hydrogens is 457 g/mol. The van der Waals surface area contributed by atoms with Crippen molar-refractivity contribution in [3.63, 3.8) is 0 Å². The van der Waals surface area contributed by atoms with Gasteiger partial charge in [0.15, 0.2) is 5.82 Å². The highest BCUT2D eigenvalue weighted by Crippen LogP contribution is 2.40. The summed E-state index contributed by atoms with van der Waals surface area (Å²) in [5, 5.41) is 14.3. The van der Waals surface area contributed by atoms with E-state index in [0.717, 1.165) is 17.4 Å². The van der Waals surface area contributed by atoms with Crippen LogP contribution in [0.25, 0.3) is 17.8 Å². The molecule has 0 saturated carbocycles. The molecule has 10 heteroatoms. The smallest absolute Gasteiger partial charge is 0.390 e. The second kappa shape index (κ2) is 9.10. The third-order valence-corrected chi connectivity index (χ3v) is 6.05. The predicted octanol–water partition coefficient (Wildman–Crippen LogP) is 4.77. The van der Waals surface area contributed by atoms with Crippen molar-refractivity contribution < 1.29 is 18.3 Å². The van der Waals surface area contributed by atoms with Crippen LogP contribution in [-0.2, 0) is 19.3 Å². The Bertz CT molecular complexity index is 1390. The molecule has 0 bridgehead atoms. The lowest BCUT2D eigenvalue weighted by atomic mass is 9.88. The van der Waals surface area contributed by atoms with Crippen molar-refractivity contribution in [3.8, 4) is 5.69 Å². The molecule has 35 heavy (non-hydrogen) atoms. The van der Waals surface area contributed by atoms with Crippen LogP contribution < -0.4 is 0 Å². The third kappa shape index (κ3) is 4.61. The predicted molar refractivity (Wildman–Crippen MR) is 123 cm³/mol. The quantitative estimate of drug-likeness (QED) is 0.445. The van der Waals surface area contributed by atoms with E-state index < -0.39 is 17.7 Å². The molecule has 0 aliphatic carbocycles. The monoisotopic (exact) mass is 480 g/mol. The minimum absolute atomic E-state index is 0.225. The zero-order valence-corrected chi connectivity index (χ0v) is 18.9. The van der Waals surface area contributed by atoms with Crippen molar-refractivity contribution >= 4 is 12.2 Å². The Kier molecular flexibility index (Phi) is 5.98. The molecule has 180 valence electrons. The highest BCUT2D eigenvalue weighted by atomic mass is 19.4. The van der Waals surface area contributed by atoms with E-state index in [9.17, 15) is 18.3 Å². The lowest BCUT2D eigenvalue weighted by Gasteiger charge is -2.25. The Morgan fingerprint density at radius 1 is 1.11 bits per heavy atom. The molecule has 0 spiro atoms. The van der Waals surface area contributed by atoms with Gasteiger partial charge in [-0.3, -0.25) is 0 Å². The summed E-state index contributed by atoms with van der Waals surface area (Å²) >= 11 is 0. The van der Waals surface area contributed by atoms with Crippen LogP contribution in [0.5, 0.6) is 0 Å². The number of benzene rings is 1. The first kappa shape index (κ1) is 23.0. The number of fused-ring (bicyclic) bond motifs is 1. The standard InChI is InChI=1S/C25H23F3N6O/c1-16-13-33(15-29-16)22-10-8-17(30-21(22)14-35)9-11-23-31-24-19(6-4-12-34(24)32-23)18-5-2-3-7-20(18)25(26,27)28/h2-3,5,7-11,13,15,19,35H,4,6,12,14H2,1H3/b11-9+/t19-/m1/s1. The number of hydrogen-bond donors (Lipinski definition) is 1. The summed E-state index contributed by atoms with van der Waals surface area (Å²) in [6.07, 6.45) is 3.77. The van der Waals surface area contributed by atoms with Gasteiger partial charge in [0, 0.05) is 18.7 Å². The second-order valence-corrected chi connectivity index (χ2v) is 8.45. The molecule has 0 amide bonds. The minimum Gasteiger partial charge on any atom is -0.390 e. The molecular formula is C25H23F3N6O. The fraction of sp³-hybridized carbons (Fsp3) is 0.280. The first-order valence-electron chi connectivity index (χ1n) is 11.2. The minimum atomic E-state index is -4.43. The zero-order valence-electron chi connectivity index (χ0n) is 18.9. The van der Waals surface area contributed by atoms with Gasteiger partial charge in [-0.1, -0.05) is 18.2 Å². The molecule has 0 radical (unpaired) electrons. The number of rotatable bonds is 5. The van der Waals surface area contributed by atoms with Crippen LogP contribution in [0.4, 0.5) is 13.2 Å². The summed E-state index contributed by atoms with van der Waals surface area (Å²) < 4.78 is 44.3. The van der Waals surface area contributed by atoms with Crippen LogP contribution >= 0.6 is 0 Å². The van der Waals surface area contributed by atoms with Crippen molar-refractivity contribution in [2.24, 2.45) is 0 Å². The number of aryl methyl sites for hydroxylation is 2. The van der Waals surface area contributed by atoms with E-state index in [1.54, 1.807) is 39.9 Å². The van der Waals surface area contributed by atoms with Crippen LogP contribution in [0, 0.1) is 6.92 Å². The second-order valence-electron chi connectivity index (χ2n) is 8.45. The third-order valence-electron chi connectivity index (χ3n) is 6.05. The molecule has 1 aliphatic heterocycles. The number of aliphatic hydroxyl groups excluding tert-OH is 1. The molecule has 1 aliphatic rings. The number of halogens is 3. The summed E-state index contributed by atoms with van der Waals surface area (Å²) in [7, 11) is 0. The molecule has 4 aromatic rings. The molecule has 3 aromatic heterocycles. The molecule has 0 unspecified atom stereocenters. The number of pyridine rings is 1. The zero-order chi connectivity index (χ0) is 24.6. The number of hydrogen-bond acceptors (Lipinski definition) is 5. The highest BCUT2D eigenvalue weighted by Gasteiger charge is 2.37. The molecule has 4 heterocycles. The number of imidazole rings is 1. The maximum absolute atomic E-state index is 13.6. The molecule has 1 N–H and O–H groups in total. The topological polar surface area (TPSA) is 81.7 Å². The maximum Gasteiger partial charge on any atom is 0.416 e. The van der Waals surface area contributed by atoms with Gasteiger partial charge >= 0.3 is 6.18 Å². The Morgan fingerprint density at radius 3 is 2.69 bits per heavy atom.